The summed E-state index contributed by atoms with van der Waals surface area (Å²) in [5, 5.41) is 14.2. The molecular weight excluding hydrogens is 368 g/mol. The second kappa shape index (κ2) is 7.41. The first-order valence-corrected chi connectivity index (χ1v) is 9.17. The lowest BCUT2D eigenvalue weighted by Crippen LogP contribution is -2.44. The Balaban J connectivity index is 1.63. The standard InChI is InChI=1S/C23H20N2O4/c1-29-18-11-7-10-17(14-18)24-21(26)15-25-20-13-6-5-12-19(20)23(28,22(25)27)16-8-3-2-4-9-16/h2-14,28H,15H2,1H3,(H,24,26)/t23-/m0/s1. The van der Waals surface area contributed by atoms with Crippen LogP contribution in [0.5, 0.6) is 5.75 Å². The minimum absolute atomic E-state index is 0.220. The smallest absolute Gasteiger partial charge is 0.268 e. The normalized spacial score (nSPS) is 17.7. The number of hydrogen-bond donors (Lipinski definition) is 2. The molecule has 146 valence electrons. The minimum Gasteiger partial charge on any atom is -0.497 e. The van der Waals surface area contributed by atoms with Gasteiger partial charge >= 0.3 is 0 Å². The zero-order chi connectivity index (χ0) is 20.4. The van der Waals surface area contributed by atoms with Crippen LogP contribution in [0.1, 0.15) is 11.1 Å². The number of ether oxygens (including phenoxy) is 1. The molecule has 4 rings (SSSR count). The number of fused-ring (bicyclic) bond motifs is 1. The van der Waals surface area contributed by atoms with E-state index in [0.717, 1.165) is 0 Å². The number of rotatable bonds is 5. The van der Waals surface area contributed by atoms with E-state index < -0.39 is 11.5 Å². The largest absolute Gasteiger partial charge is 0.497 e. The number of benzene rings is 3. The van der Waals surface area contributed by atoms with Gasteiger partial charge in [0.15, 0.2) is 5.60 Å². The highest BCUT2D eigenvalue weighted by Gasteiger charge is 2.51. The van der Waals surface area contributed by atoms with Gasteiger partial charge in [-0.15, -0.1) is 0 Å². The molecule has 0 aromatic heterocycles. The van der Waals surface area contributed by atoms with Crippen LogP contribution in [0.4, 0.5) is 11.4 Å². The lowest BCUT2D eigenvalue weighted by Gasteiger charge is -2.23. The molecule has 0 bridgehead atoms. The summed E-state index contributed by atoms with van der Waals surface area (Å²) >= 11 is 0. The van der Waals surface area contributed by atoms with E-state index in [1.54, 1.807) is 79.9 Å². The molecule has 0 spiro atoms. The van der Waals surface area contributed by atoms with Crippen molar-refractivity contribution in [3.8, 4) is 5.75 Å². The fraction of sp³-hybridized carbons (Fsp3) is 0.130. The molecule has 1 aliphatic rings. The number of nitrogens with one attached hydrogen (secondary N) is 1. The highest BCUT2D eigenvalue weighted by Crippen LogP contribution is 2.44. The lowest BCUT2D eigenvalue weighted by molar-refractivity contribution is -0.133. The number of nitrogens with zero attached hydrogens (tertiary/aromatic N) is 1. The zero-order valence-electron chi connectivity index (χ0n) is 15.8. The molecule has 1 heterocycles. The fourth-order valence-electron chi connectivity index (χ4n) is 3.60. The number of amides is 2. The Labute approximate surface area is 168 Å². The van der Waals surface area contributed by atoms with Gasteiger partial charge in [-0.25, -0.2) is 0 Å². The Hall–Kier alpha value is -3.64. The van der Waals surface area contributed by atoms with Gasteiger partial charge in [-0.05, 0) is 23.8 Å². The van der Waals surface area contributed by atoms with Gasteiger partial charge in [0.05, 0.1) is 12.8 Å². The van der Waals surface area contributed by atoms with Crippen molar-refractivity contribution in [3.63, 3.8) is 0 Å². The number of para-hydroxylation sites is 1. The Morgan fingerprint density at radius 1 is 1.03 bits per heavy atom. The van der Waals surface area contributed by atoms with Crippen LogP contribution in [-0.2, 0) is 15.2 Å². The third-order valence-corrected chi connectivity index (χ3v) is 4.99. The van der Waals surface area contributed by atoms with E-state index in [1.807, 2.05) is 6.07 Å². The van der Waals surface area contributed by atoms with Crippen molar-refractivity contribution >= 4 is 23.2 Å². The number of hydrogen-bond acceptors (Lipinski definition) is 4. The van der Waals surface area contributed by atoms with Gasteiger partial charge in [0.2, 0.25) is 5.91 Å². The number of methoxy groups -OCH3 is 1. The average molecular weight is 388 g/mol. The molecule has 6 nitrogen and oxygen atoms in total. The maximum absolute atomic E-state index is 13.2. The van der Waals surface area contributed by atoms with Crippen molar-refractivity contribution in [3.05, 3.63) is 90.0 Å². The zero-order valence-corrected chi connectivity index (χ0v) is 15.8. The molecule has 0 radical (unpaired) electrons. The number of aliphatic hydroxyl groups is 1. The fourth-order valence-corrected chi connectivity index (χ4v) is 3.60. The van der Waals surface area contributed by atoms with E-state index in [2.05, 4.69) is 5.32 Å². The summed E-state index contributed by atoms with van der Waals surface area (Å²) in [4.78, 5) is 27.2. The number of carbonyl (C=O) groups excluding carboxylic acids is 2. The molecule has 0 fully saturated rings. The molecule has 29 heavy (non-hydrogen) atoms. The van der Waals surface area contributed by atoms with Gasteiger partial charge in [-0.2, -0.15) is 0 Å². The van der Waals surface area contributed by atoms with Crippen LogP contribution in [0.25, 0.3) is 0 Å². The second-order valence-corrected chi connectivity index (χ2v) is 6.77. The number of anilines is 2. The molecule has 6 heteroatoms. The maximum Gasteiger partial charge on any atom is 0.268 e. The quantitative estimate of drug-likeness (QED) is 0.704. The number of carbonyl (C=O) groups is 2. The average Bonchev–Trinajstić information content (AvgIpc) is 2.97. The molecule has 2 amide bonds. The first kappa shape index (κ1) is 18.7. The topological polar surface area (TPSA) is 78.9 Å². The maximum atomic E-state index is 13.2. The Bertz CT molecular complexity index is 1070. The van der Waals surface area contributed by atoms with E-state index in [0.29, 0.717) is 28.3 Å². The summed E-state index contributed by atoms with van der Waals surface area (Å²) in [6.45, 7) is -0.220. The van der Waals surface area contributed by atoms with Gasteiger partial charge in [-0.3, -0.25) is 14.5 Å². The molecule has 0 saturated heterocycles. The van der Waals surface area contributed by atoms with E-state index in [1.165, 1.54) is 4.90 Å². The van der Waals surface area contributed by atoms with Crippen molar-refractivity contribution in [2.45, 2.75) is 5.60 Å². The van der Waals surface area contributed by atoms with Crippen LogP contribution in [0, 0.1) is 0 Å². The van der Waals surface area contributed by atoms with Crippen molar-refractivity contribution in [1.29, 1.82) is 0 Å². The second-order valence-electron chi connectivity index (χ2n) is 6.77. The van der Waals surface area contributed by atoms with E-state index in [9.17, 15) is 14.7 Å². The molecule has 0 aliphatic carbocycles. The monoisotopic (exact) mass is 388 g/mol. The van der Waals surface area contributed by atoms with Crippen molar-refractivity contribution in [1.82, 2.24) is 0 Å². The predicted molar refractivity (Wildman–Crippen MR) is 110 cm³/mol. The summed E-state index contributed by atoms with van der Waals surface area (Å²) < 4.78 is 5.16. The highest BCUT2D eigenvalue weighted by atomic mass is 16.5. The third-order valence-electron chi connectivity index (χ3n) is 4.99. The van der Waals surface area contributed by atoms with Gasteiger partial charge in [0.25, 0.3) is 5.91 Å². The van der Waals surface area contributed by atoms with Crippen molar-refractivity contribution in [2.24, 2.45) is 0 Å². The highest BCUT2D eigenvalue weighted by molar-refractivity contribution is 6.12. The minimum atomic E-state index is -1.83. The lowest BCUT2D eigenvalue weighted by atomic mass is 9.88. The summed E-state index contributed by atoms with van der Waals surface area (Å²) in [5.74, 6) is -0.312. The van der Waals surface area contributed by atoms with Gasteiger partial charge in [-0.1, -0.05) is 54.6 Å². The summed E-state index contributed by atoms with van der Waals surface area (Å²) in [6.07, 6.45) is 0. The molecule has 3 aromatic carbocycles. The SMILES string of the molecule is COc1cccc(NC(=O)CN2C(=O)[C@](O)(c3ccccc3)c3ccccc32)c1. The molecule has 1 aliphatic heterocycles. The van der Waals surface area contributed by atoms with Gasteiger partial charge in [0, 0.05) is 17.3 Å². The molecule has 2 N–H and O–H groups in total. The van der Waals surface area contributed by atoms with Gasteiger partial charge < -0.3 is 15.2 Å². The van der Waals surface area contributed by atoms with Crippen LogP contribution in [0.2, 0.25) is 0 Å². The molecule has 0 saturated carbocycles. The van der Waals surface area contributed by atoms with E-state index >= 15 is 0 Å². The van der Waals surface area contributed by atoms with Crippen LogP contribution in [-0.4, -0.2) is 30.6 Å². The van der Waals surface area contributed by atoms with Crippen LogP contribution >= 0.6 is 0 Å². The van der Waals surface area contributed by atoms with Crippen LogP contribution in [0.15, 0.2) is 78.9 Å². The molecular formula is C23H20N2O4. The first-order chi connectivity index (χ1) is 14.0. The predicted octanol–water partition coefficient (Wildman–Crippen LogP) is 2.92. The Morgan fingerprint density at radius 2 is 1.76 bits per heavy atom. The van der Waals surface area contributed by atoms with Gasteiger partial charge in [0.1, 0.15) is 12.3 Å². The summed E-state index contributed by atoms with van der Waals surface area (Å²) in [6, 6.07) is 22.7. The van der Waals surface area contributed by atoms with E-state index in [4.69, 9.17) is 4.74 Å². The molecule has 0 unspecified atom stereocenters. The summed E-state index contributed by atoms with van der Waals surface area (Å²) in [5.41, 5.74) is 0.185. The van der Waals surface area contributed by atoms with E-state index in [-0.39, 0.29) is 12.5 Å². The Kier molecular flexibility index (Phi) is 4.78. The van der Waals surface area contributed by atoms with Crippen molar-refractivity contribution < 1.29 is 19.4 Å². The first-order valence-electron chi connectivity index (χ1n) is 9.17. The van der Waals surface area contributed by atoms with Crippen LogP contribution in [0.3, 0.4) is 0 Å². The third kappa shape index (κ3) is 3.23. The molecule has 3 aromatic rings. The van der Waals surface area contributed by atoms with Crippen molar-refractivity contribution in [2.75, 3.05) is 23.9 Å². The van der Waals surface area contributed by atoms with Crippen LogP contribution < -0.4 is 15.0 Å². The molecule has 1 atom stereocenters. The summed E-state index contributed by atoms with van der Waals surface area (Å²) in [7, 11) is 1.55. The Morgan fingerprint density at radius 3 is 2.52 bits per heavy atom.